The molecule has 2 aromatic rings. The molecule has 0 saturated heterocycles. The number of ether oxygens (including phenoxy) is 2. The number of rotatable bonds is 9. The number of amidine groups is 1. The predicted molar refractivity (Wildman–Crippen MR) is 146 cm³/mol. The molecule has 0 spiro atoms. The number of nitrogens with one attached hydrogen (secondary N) is 2. The number of fused-ring (bicyclic) bond motifs is 1. The van der Waals surface area contributed by atoms with Gasteiger partial charge in [-0.3, -0.25) is 15.0 Å². The molecular formula is C27H34BrN3O6. The Hall–Kier alpha value is -3.40. The first-order chi connectivity index (χ1) is 16.9. The number of ketones is 1. The maximum absolute atomic E-state index is 13.2. The number of hydrogen-bond acceptors (Lipinski definition) is 6. The van der Waals surface area contributed by atoms with E-state index < -0.39 is 17.5 Å². The van der Waals surface area contributed by atoms with Crippen LogP contribution in [0.4, 0.5) is 0 Å². The maximum Gasteiger partial charge on any atom is 0.344 e. The van der Waals surface area contributed by atoms with Crippen molar-refractivity contribution in [3.05, 3.63) is 58.1 Å². The summed E-state index contributed by atoms with van der Waals surface area (Å²) in [6.07, 6.45) is -1.03. The zero-order valence-electron chi connectivity index (χ0n) is 21.9. The number of hydrogen-bond donors (Lipinski definition) is 3. The Labute approximate surface area is 227 Å². The van der Waals surface area contributed by atoms with Crippen molar-refractivity contribution in [2.24, 2.45) is 0 Å². The SMILES string of the molecule is Br.CCOc1cc2c(cc1C(=O)NC)C(=N)N(CC(=O)c1ccc(OC(C)C(=O)O)c(C(C)(C)C)c1)C2. The van der Waals surface area contributed by atoms with Crippen LogP contribution >= 0.6 is 17.0 Å². The molecule has 37 heavy (non-hydrogen) atoms. The third-order valence-corrected chi connectivity index (χ3v) is 6.01. The second-order valence-electron chi connectivity index (χ2n) is 9.70. The van der Waals surface area contributed by atoms with E-state index in [1.54, 1.807) is 35.2 Å². The normalized spacial score (nSPS) is 13.4. The molecule has 0 saturated carbocycles. The molecule has 9 nitrogen and oxygen atoms in total. The van der Waals surface area contributed by atoms with E-state index >= 15 is 0 Å². The number of benzene rings is 2. The van der Waals surface area contributed by atoms with Crippen molar-refractivity contribution in [1.29, 1.82) is 5.41 Å². The Morgan fingerprint density at radius 3 is 2.41 bits per heavy atom. The number of aliphatic carboxylic acids is 1. The number of Topliss-reactive ketones (excluding diaryl/α,β-unsaturated/α-hetero) is 1. The van der Waals surface area contributed by atoms with Gasteiger partial charge in [-0.25, -0.2) is 4.79 Å². The van der Waals surface area contributed by atoms with Crippen LogP contribution in [0.5, 0.6) is 11.5 Å². The van der Waals surface area contributed by atoms with Crippen LogP contribution in [0, 0.1) is 5.41 Å². The van der Waals surface area contributed by atoms with Crippen LogP contribution in [0.25, 0.3) is 0 Å². The fourth-order valence-electron chi connectivity index (χ4n) is 4.05. The van der Waals surface area contributed by atoms with Crippen LogP contribution < -0.4 is 14.8 Å². The summed E-state index contributed by atoms with van der Waals surface area (Å²) in [5, 5.41) is 20.4. The molecule has 0 aliphatic carbocycles. The van der Waals surface area contributed by atoms with Gasteiger partial charge in [-0.1, -0.05) is 20.8 Å². The van der Waals surface area contributed by atoms with E-state index in [0.29, 0.717) is 41.3 Å². The lowest BCUT2D eigenvalue weighted by atomic mass is 9.85. The third kappa shape index (κ3) is 6.49. The van der Waals surface area contributed by atoms with Gasteiger partial charge in [-0.05, 0) is 55.2 Å². The quantitative estimate of drug-likeness (QED) is 0.382. The average Bonchev–Trinajstić information content (AvgIpc) is 3.11. The highest BCUT2D eigenvalue weighted by molar-refractivity contribution is 8.93. The lowest BCUT2D eigenvalue weighted by Gasteiger charge is -2.25. The van der Waals surface area contributed by atoms with Gasteiger partial charge < -0.3 is 24.8 Å². The van der Waals surface area contributed by atoms with Crippen molar-refractivity contribution in [3.8, 4) is 11.5 Å². The molecule has 3 N–H and O–H groups in total. The van der Waals surface area contributed by atoms with Gasteiger partial charge in [0.25, 0.3) is 5.91 Å². The third-order valence-electron chi connectivity index (χ3n) is 6.01. The van der Waals surface area contributed by atoms with Crippen LogP contribution in [0.2, 0.25) is 0 Å². The summed E-state index contributed by atoms with van der Waals surface area (Å²) >= 11 is 0. The summed E-state index contributed by atoms with van der Waals surface area (Å²) < 4.78 is 11.3. The lowest BCUT2D eigenvalue weighted by molar-refractivity contribution is -0.144. The van der Waals surface area contributed by atoms with Crippen LogP contribution in [0.3, 0.4) is 0 Å². The van der Waals surface area contributed by atoms with Gasteiger partial charge in [0, 0.05) is 30.3 Å². The minimum Gasteiger partial charge on any atom is -0.493 e. The van der Waals surface area contributed by atoms with Crippen LogP contribution in [0.15, 0.2) is 30.3 Å². The lowest BCUT2D eigenvalue weighted by Crippen LogP contribution is -2.30. The Bertz CT molecular complexity index is 1220. The number of carboxylic acid groups (broad SMARTS) is 1. The topological polar surface area (TPSA) is 129 Å². The van der Waals surface area contributed by atoms with E-state index in [-0.39, 0.29) is 41.1 Å². The summed E-state index contributed by atoms with van der Waals surface area (Å²) in [6, 6.07) is 8.37. The molecule has 0 fully saturated rings. The number of nitrogens with zero attached hydrogens (tertiary/aromatic N) is 1. The van der Waals surface area contributed by atoms with Crippen molar-refractivity contribution in [3.63, 3.8) is 0 Å². The minimum atomic E-state index is -1.07. The molecule has 3 rings (SSSR count). The zero-order chi connectivity index (χ0) is 26.8. The first-order valence-electron chi connectivity index (χ1n) is 11.8. The molecule has 1 unspecified atom stereocenters. The summed E-state index contributed by atoms with van der Waals surface area (Å²) in [6.45, 7) is 9.88. The van der Waals surface area contributed by atoms with Crippen molar-refractivity contribution in [1.82, 2.24) is 10.2 Å². The molecule has 1 aliphatic rings. The fourth-order valence-corrected chi connectivity index (χ4v) is 4.05. The molecule has 200 valence electrons. The van der Waals surface area contributed by atoms with E-state index in [9.17, 15) is 19.5 Å². The first-order valence-corrected chi connectivity index (χ1v) is 11.8. The molecule has 1 aliphatic heterocycles. The van der Waals surface area contributed by atoms with E-state index in [0.717, 1.165) is 11.1 Å². The van der Waals surface area contributed by atoms with Crippen LogP contribution in [-0.4, -0.2) is 59.8 Å². The molecule has 1 heterocycles. The highest BCUT2D eigenvalue weighted by Gasteiger charge is 2.30. The largest absolute Gasteiger partial charge is 0.493 e. The molecule has 2 aromatic carbocycles. The van der Waals surface area contributed by atoms with Crippen molar-refractivity contribution in [2.45, 2.75) is 52.7 Å². The second-order valence-corrected chi connectivity index (χ2v) is 9.70. The standard InChI is InChI=1S/C27H33N3O6.BrH/c1-7-35-23-11-17-13-30(24(28)18(17)12-19(23)25(32)29-6)14-21(31)16-8-9-22(36-15(2)26(33)34)20(10-16)27(3,4)5;/h8-12,15,28H,7,13-14H2,1-6H3,(H,29,32)(H,33,34);1H. The Balaban J connectivity index is 0.00000481. The molecule has 0 radical (unpaired) electrons. The van der Waals surface area contributed by atoms with E-state index in [4.69, 9.17) is 14.9 Å². The number of carboxylic acids is 1. The smallest absolute Gasteiger partial charge is 0.344 e. The minimum absolute atomic E-state index is 0. The van der Waals surface area contributed by atoms with Gasteiger partial charge in [0.2, 0.25) is 0 Å². The van der Waals surface area contributed by atoms with Gasteiger partial charge in [0.1, 0.15) is 17.3 Å². The van der Waals surface area contributed by atoms with Crippen molar-refractivity contribution < 1.29 is 29.0 Å². The average molecular weight is 576 g/mol. The second kappa shape index (κ2) is 11.8. The van der Waals surface area contributed by atoms with Crippen molar-refractivity contribution >= 4 is 40.5 Å². The van der Waals surface area contributed by atoms with Crippen LogP contribution in [0.1, 0.15) is 72.0 Å². The number of carbonyl (C=O) groups excluding carboxylic acids is 2. The molecule has 0 bridgehead atoms. The van der Waals surface area contributed by atoms with Crippen molar-refractivity contribution in [2.75, 3.05) is 20.2 Å². The number of amides is 1. The molecule has 1 atom stereocenters. The van der Waals surface area contributed by atoms with Gasteiger partial charge in [-0.2, -0.15) is 0 Å². The molecule has 10 heteroatoms. The molecule has 0 aromatic heterocycles. The summed E-state index contributed by atoms with van der Waals surface area (Å²) in [7, 11) is 1.53. The maximum atomic E-state index is 13.2. The van der Waals surface area contributed by atoms with Gasteiger partial charge >= 0.3 is 5.97 Å². The van der Waals surface area contributed by atoms with Gasteiger partial charge in [0.15, 0.2) is 11.9 Å². The summed E-state index contributed by atoms with van der Waals surface area (Å²) in [4.78, 5) is 38.5. The highest BCUT2D eigenvalue weighted by Crippen LogP contribution is 2.34. The Morgan fingerprint density at radius 1 is 1.16 bits per heavy atom. The monoisotopic (exact) mass is 575 g/mol. The summed E-state index contributed by atoms with van der Waals surface area (Å²) in [5.41, 5.74) is 2.51. The summed E-state index contributed by atoms with van der Waals surface area (Å²) in [5.74, 6) is -0.546. The fraction of sp³-hybridized carbons (Fsp3) is 0.407. The number of halogens is 1. The highest BCUT2D eigenvalue weighted by atomic mass is 79.9. The Kier molecular flexibility index (Phi) is 9.49. The van der Waals surface area contributed by atoms with Gasteiger partial charge in [-0.15, -0.1) is 17.0 Å². The van der Waals surface area contributed by atoms with Gasteiger partial charge in [0.05, 0.1) is 18.7 Å². The van der Waals surface area contributed by atoms with E-state index in [1.165, 1.54) is 14.0 Å². The van der Waals surface area contributed by atoms with E-state index in [1.807, 2.05) is 27.7 Å². The van der Waals surface area contributed by atoms with E-state index in [2.05, 4.69) is 5.32 Å². The Morgan fingerprint density at radius 2 is 1.84 bits per heavy atom. The van der Waals surface area contributed by atoms with Crippen LogP contribution in [-0.2, 0) is 16.8 Å². The first kappa shape index (κ1) is 29.8. The zero-order valence-corrected chi connectivity index (χ0v) is 23.6. The molecule has 1 amide bonds. The number of carbonyl (C=O) groups is 3. The predicted octanol–water partition coefficient (Wildman–Crippen LogP) is 4.20. The molecular weight excluding hydrogens is 542 g/mol.